The molecule has 0 atom stereocenters. The summed E-state index contributed by atoms with van der Waals surface area (Å²) in [7, 11) is 0. The number of allylic oxidation sites excluding steroid dienone is 2. The van der Waals surface area contributed by atoms with Gasteiger partial charge in [0.1, 0.15) is 0 Å². The summed E-state index contributed by atoms with van der Waals surface area (Å²) in [5, 5.41) is 0. The highest BCUT2D eigenvalue weighted by Crippen LogP contribution is 2.14. The van der Waals surface area contributed by atoms with E-state index in [4.69, 9.17) is 4.74 Å². The highest BCUT2D eigenvalue weighted by Gasteiger charge is 2.05. The summed E-state index contributed by atoms with van der Waals surface area (Å²) >= 11 is 0. The second-order valence-corrected chi connectivity index (χ2v) is 3.27. The highest BCUT2D eigenvalue weighted by molar-refractivity contribution is 5.89. The predicted molar refractivity (Wildman–Crippen MR) is 61.7 cm³/mol. The second kappa shape index (κ2) is 5.35. The van der Waals surface area contributed by atoms with Crippen LogP contribution >= 0.6 is 0 Å². The van der Waals surface area contributed by atoms with Gasteiger partial charge >= 0.3 is 5.97 Å². The minimum absolute atomic E-state index is 0.262. The van der Waals surface area contributed by atoms with Crippen molar-refractivity contribution in [1.82, 2.24) is 0 Å². The molecule has 2 nitrogen and oxygen atoms in total. The zero-order chi connectivity index (χ0) is 11.3. The van der Waals surface area contributed by atoms with Crippen LogP contribution in [0.4, 0.5) is 0 Å². The van der Waals surface area contributed by atoms with E-state index in [1.165, 1.54) is 5.57 Å². The largest absolute Gasteiger partial charge is 0.462 e. The van der Waals surface area contributed by atoms with Gasteiger partial charge in [-0.1, -0.05) is 18.2 Å². The molecule has 2 heteroatoms. The number of carbonyl (C=O) groups is 1. The summed E-state index contributed by atoms with van der Waals surface area (Å²) in [4.78, 5) is 11.4. The van der Waals surface area contributed by atoms with E-state index in [9.17, 15) is 4.79 Å². The van der Waals surface area contributed by atoms with Crippen molar-refractivity contribution < 1.29 is 9.53 Å². The molecule has 0 aliphatic heterocycles. The Morgan fingerprint density at radius 2 is 1.80 bits per heavy atom. The van der Waals surface area contributed by atoms with E-state index < -0.39 is 0 Å². The van der Waals surface area contributed by atoms with Crippen LogP contribution in [0.5, 0.6) is 0 Å². The molecule has 80 valence electrons. The van der Waals surface area contributed by atoms with Gasteiger partial charge in [-0.05, 0) is 44.0 Å². The number of rotatable bonds is 3. The average molecular weight is 204 g/mol. The molecule has 0 N–H and O–H groups in total. The Kier molecular flexibility index (Phi) is 4.10. The molecular formula is C13H16O2. The Labute approximate surface area is 90.6 Å². The summed E-state index contributed by atoms with van der Waals surface area (Å²) in [6, 6.07) is 7.45. The number of hydrogen-bond acceptors (Lipinski definition) is 2. The first-order chi connectivity index (χ1) is 7.19. The van der Waals surface area contributed by atoms with Crippen molar-refractivity contribution in [3.8, 4) is 0 Å². The Balaban J connectivity index is 2.85. The van der Waals surface area contributed by atoms with Crippen LogP contribution in [0.25, 0.3) is 5.57 Å². The first-order valence-electron chi connectivity index (χ1n) is 5.09. The van der Waals surface area contributed by atoms with E-state index in [-0.39, 0.29) is 5.97 Å². The van der Waals surface area contributed by atoms with Crippen molar-refractivity contribution in [1.29, 1.82) is 0 Å². The van der Waals surface area contributed by atoms with Crippen LogP contribution in [0.3, 0.4) is 0 Å². The van der Waals surface area contributed by atoms with Crippen LogP contribution in [0.15, 0.2) is 30.3 Å². The molecule has 0 saturated carbocycles. The second-order valence-electron chi connectivity index (χ2n) is 3.27. The lowest BCUT2D eigenvalue weighted by Gasteiger charge is -2.03. The maximum atomic E-state index is 11.4. The normalized spacial score (nSPS) is 11.3. The third kappa shape index (κ3) is 2.94. The minimum Gasteiger partial charge on any atom is -0.462 e. The molecule has 1 aromatic rings. The Morgan fingerprint density at radius 1 is 1.27 bits per heavy atom. The third-order valence-corrected chi connectivity index (χ3v) is 2.28. The summed E-state index contributed by atoms with van der Waals surface area (Å²) in [6.07, 6.45) is 2.04. The van der Waals surface area contributed by atoms with E-state index in [1.54, 1.807) is 19.1 Å². The molecule has 0 amide bonds. The van der Waals surface area contributed by atoms with Crippen molar-refractivity contribution in [3.05, 3.63) is 41.5 Å². The summed E-state index contributed by atoms with van der Waals surface area (Å²) < 4.78 is 4.90. The van der Waals surface area contributed by atoms with E-state index >= 15 is 0 Å². The maximum absolute atomic E-state index is 11.4. The van der Waals surface area contributed by atoms with Crippen LogP contribution in [0.2, 0.25) is 0 Å². The minimum atomic E-state index is -0.262. The first kappa shape index (κ1) is 11.5. The molecule has 1 rings (SSSR count). The molecule has 0 saturated heterocycles. The zero-order valence-corrected chi connectivity index (χ0v) is 9.41. The van der Waals surface area contributed by atoms with Gasteiger partial charge in [0.05, 0.1) is 12.2 Å². The molecule has 0 aliphatic rings. The van der Waals surface area contributed by atoms with E-state index in [1.807, 2.05) is 32.1 Å². The SMILES string of the molecule is C/C=C(\C)c1ccc(C(=O)OCC)cc1. The molecule has 0 unspecified atom stereocenters. The topological polar surface area (TPSA) is 26.3 Å². The fraction of sp³-hybridized carbons (Fsp3) is 0.308. The van der Waals surface area contributed by atoms with Crippen molar-refractivity contribution in [2.45, 2.75) is 20.8 Å². The molecule has 0 aliphatic carbocycles. The lowest BCUT2D eigenvalue weighted by atomic mass is 10.1. The molecule has 1 aromatic carbocycles. The smallest absolute Gasteiger partial charge is 0.338 e. The molecule has 0 aromatic heterocycles. The van der Waals surface area contributed by atoms with E-state index in [0.717, 1.165) is 5.56 Å². The number of hydrogen-bond donors (Lipinski definition) is 0. The van der Waals surface area contributed by atoms with Crippen molar-refractivity contribution in [2.24, 2.45) is 0 Å². The van der Waals surface area contributed by atoms with E-state index in [0.29, 0.717) is 12.2 Å². The Hall–Kier alpha value is -1.57. The van der Waals surface area contributed by atoms with Gasteiger partial charge < -0.3 is 4.74 Å². The summed E-state index contributed by atoms with van der Waals surface area (Å²) in [5.74, 6) is -0.262. The standard InChI is InChI=1S/C13H16O2/c1-4-10(3)11-6-8-12(9-7-11)13(14)15-5-2/h4,6-9H,5H2,1-3H3/b10-4+. The van der Waals surface area contributed by atoms with Gasteiger partial charge in [0.15, 0.2) is 0 Å². The lowest BCUT2D eigenvalue weighted by molar-refractivity contribution is 0.0526. The summed E-state index contributed by atoms with van der Waals surface area (Å²) in [5.41, 5.74) is 2.93. The Morgan fingerprint density at radius 3 is 2.27 bits per heavy atom. The Bertz CT molecular complexity index is 361. The molecular weight excluding hydrogens is 188 g/mol. The number of ether oxygens (including phenoxy) is 1. The number of carbonyl (C=O) groups excluding carboxylic acids is 1. The van der Waals surface area contributed by atoms with Gasteiger partial charge in [0.2, 0.25) is 0 Å². The predicted octanol–water partition coefficient (Wildman–Crippen LogP) is 3.29. The van der Waals surface area contributed by atoms with Crippen LogP contribution in [-0.2, 0) is 4.74 Å². The fourth-order valence-corrected chi connectivity index (χ4v) is 1.25. The number of esters is 1. The average Bonchev–Trinajstić information content (AvgIpc) is 2.28. The highest BCUT2D eigenvalue weighted by atomic mass is 16.5. The van der Waals surface area contributed by atoms with E-state index in [2.05, 4.69) is 0 Å². The van der Waals surface area contributed by atoms with Crippen LogP contribution in [0.1, 0.15) is 36.7 Å². The monoisotopic (exact) mass is 204 g/mol. The summed E-state index contributed by atoms with van der Waals surface area (Å²) in [6.45, 7) is 6.25. The third-order valence-electron chi connectivity index (χ3n) is 2.28. The van der Waals surface area contributed by atoms with Crippen molar-refractivity contribution in [3.63, 3.8) is 0 Å². The number of benzene rings is 1. The molecule has 15 heavy (non-hydrogen) atoms. The van der Waals surface area contributed by atoms with Crippen molar-refractivity contribution in [2.75, 3.05) is 6.61 Å². The van der Waals surface area contributed by atoms with Crippen LogP contribution in [-0.4, -0.2) is 12.6 Å². The zero-order valence-electron chi connectivity index (χ0n) is 9.41. The van der Waals surface area contributed by atoms with Crippen LogP contribution in [0, 0.1) is 0 Å². The fourth-order valence-electron chi connectivity index (χ4n) is 1.25. The molecule has 0 bridgehead atoms. The van der Waals surface area contributed by atoms with Gasteiger partial charge in [0, 0.05) is 0 Å². The van der Waals surface area contributed by atoms with Gasteiger partial charge in [-0.3, -0.25) is 0 Å². The van der Waals surface area contributed by atoms with Gasteiger partial charge in [-0.25, -0.2) is 4.79 Å². The first-order valence-corrected chi connectivity index (χ1v) is 5.09. The van der Waals surface area contributed by atoms with Crippen LogP contribution < -0.4 is 0 Å². The maximum Gasteiger partial charge on any atom is 0.338 e. The quantitative estimate of drug-likeness (QED) is 0.706. The molecule has 0 fully saturated rings. The molecule has 0 heterocycles. The van der Waals surface area contributed by atoms with Gasteiger partial charge in [0.25, 0.3) is 0 Å². The molecule has 0 radical (unpaired) electrons. The molecule has 0 spiro atoms. The van der Waals surface area contributed by atoms with Gasteiger partial charge in [-0.15, -0.1) is 0 Å². The lowest BCUT2D eigenvalue weighted by Crippen LogP contribution is -2.04. The van der Waals surface area contributed by atoms with Gasteiger partial charge in [-0.2, -0.15) is 0 Å². The van der Waals surface area contributed by atoms with Crippen molar-refractivity contribution >= 4 is 11.5 Å².